The Morgan fingerprint density at radius 2 is 2.27 bits per heavy atom. The van der Waals surface area contributed by atoms with Gasteiger partial charge in [0.25, 0.3) is 0 Å². The molecule has 0 atom stereocenters. The first-order valence-electron chi connectivity index (χ1n) is 4.40. The van der Waals surface area contributed by atoms with E-state index in [0.29, 0.717) is 11.0 Å². The number of fused-ring (bicyclic) bond motifs is 1. The molecule has 0 aliphatic heterocycles. The lowest BCUT2D eigenvalue weighted by molar-refractivity contribution is 0.0698. The van der Waals surface area contributed by atoms with Crippen molar-refractivity contribution < 1.29 is 15.0 Å². The Labute approximate surface area is 84.8 Å². The molecule has 0 unspecified atom stereocenters. The maximum absolute atomic E-state index is 10.9. The van der Waals surface area contributed by atoms with Gasteiger partial charge in [-0.15, -0.1) is 5.10 Å². The van der Waals surface area contributed by atoms with Crippen molar-refractivity contribution in [2.75, 3.05) is 6.61 Å². The number of para-hydroxylation sites is 1. The number of carboxylic acids is 1. The fraction of sp³-hybridized carbons (Fsp3) is 0.222. The van der Waals surface area contributed by atoms with E-state index >= 15 is 0 Å². The molecule has 78 valence electrons. The number of carbonyl (C=O) groups is 1. The molecule has 0 bridgehead atoms. The van der Waals surface area contributed by atoms with E-state index in [9.17, 15) is 4.79 Å². The van der Waals surface area contributed by atoms with Gasteiger partial charge in [-0.3, -0.25) is 0 Å². The number of aromatic carboxylic acids is 1. The number of aromatic nitrogens is 3. The zero-order chi connectivity index (χ0) is 10.8. The summed E-state index contributed by atoms with van der Waals surface area (Å²) in [4.78, 5) is 10.9. The summed E-state index contributed by atoms with van der Waals surface area (Å²) in [5.74, 6) is -1.03. The highest BCUT2D eigenvalue weighted by Gasteiger charge is 2.13. The van der Waals surface area contributed by atoms with Crippen molar-refractivity contribution in [2.24, 2.45) is 0 Å². The number of benzene rings is 1. The Hall–Kier alpha value is -1.95. The van der Waals surface area contributed by atoms with Gasteiger partial charge in [-0.25, -0.2) is 9.48 Å². The second-order valence-electron chi connectivity index (χ2n) is 3.01. The van der Waals surface area contributed by atoms with Crippen molar-refractivity contribution in [2.45, 2.75) is 6.54 Å². The first-order chi connectivity index (χ1) is 7.24. The van der Waals surface area contributed by atoms with Crippen LogP contribution in [-0.2, 0) is 6.54 Å². The van der Waals surface area contributed by atoms with Crippen LogP contribution in [-0.4, -0.2) is 37.8 Å². The molecule has 0 aliphatic rings. The van der Waals surface area contributed by atoms with Gasteiger partial charge in [0, 0.05) is 0 Å². The van der Waals surface area contributed by atoms with Gasteiger partial charge in [0.2, 0.25) is 0 Å². The lowest BCUT2D eigenvalue weighted by Crippen LogP contribution is -2.07. The molecule has 6 heteroatoms. The predicted octanol–water partition coefficient (Wildman–Crippen LogP) is 0.122. The van der Waals surface area contributed by atoms with E-state index in [2.05, 4.69) is 10.3 Å². The fourth-order valence-electron chi connectivity index (χ4n) is 1.45. The van der Waals surface area contributed by atoms with Crippen LogP contribution in [0.1, 0.15) is 10.4 Å². The molecule has 1 aromatic heterocycles. The summed E-state index contributed by atoms with van der Waals surface area (Å²) in [6.07, 6.45) is 0. The maximum atomic E-state index is 10.9. The molecule has 2 N–H and O–H groups in total. The molecule has 0 saturated carbocycles. The molecular weight excluding hydrogens is 198 g/mol. The summed E-state index contributed by atoms with van der Waals surface area (Å²) in [5, 5.41) is 25.3. The number of hydrogen-bond acceptors (Lipinski definition) is 4. The SMILES string of the molecule is O=C(O)c1cccc2nnn(CCO)c12. The smallest absolute Gasteiger partial charge is 0.337 e. The van der Waals surface area contributed by atoms with Gasteiger partial charge in [-0.1, -0.05) is 11.3 Å². The minimum Gasteiger partial charge on any atom is -0.478 e. The average Bonchev–Trinajstić information content (AvgIpc) is 2.62. The van der Waals surface area contributed by atoms with Crippen LogP contribution < -0.4 is 0 Å². The number of nitrogens with zero attached hydrogens (tertiary/aromatic N) is 3. The number of aliphatic hydroxyl groups is 1. The topological polar surface area (TPSA) is 88.2 Å². The van der Waals surface area contributed by atoms with E-state index in [1.54, 1.807) is 12.1 Å². The van der Waals surface area contributed by atoms with E-state index in [1.165, 1.54) is 10.7 Å². The fourth-order valence-corrected chi connectivity index (χ4v) is 1.45. The Kier molecular flexibility index (Phi) is 2.34. The third kappa shape index (κ3) is 1.55. The Bertz CT molecular complexity index is 506. The highest BCUT2D eigenvalue weighted by atomic mass is 16.4. The highest BCUT2D eigenvalue weighted by Crippen LogP contribution is 2.16. The average molecular weight is 207 g/mol. The van der Waals surface area contributed by atoms with E-state index < -0.39 is 5.97 Å². The molecule has 0 aliphatic carbocycles. The van der Waals surface area contributed by atoms with Gasteiger partial charge >= 0.3 is 5.97 Å². The van der Waals surface area contributed by atoms with Crippen LogP contribution in [0, 0.1) is 0 Å². The van der Waals surface area contributed by atoms with Gasteiger partial charge in [0.15, 0.2) is 0 Å². The lowest BCUT2D eigenvalue weighted by Gasteiger charge is -2.01. The third-order valence-electron chi connectivity index (χ3n) is 2.08. The van der Waals surface area contributed by atoms with Crippen molar-refractivity contribution in [3.05, 3.63) is 23.8 Å². The molecule has 1 heterocycles. The number of aliphatic hydroxyl groups excluding tert-OH is 1. The standard InChI is InChI=1S/C9H9N3O3/c13-5-4-12-8-6(9(14)15)2-1-3-7(8)10-11-12/h1-3,13H,4-5H2,(H,14,15). The predicted molar refractivity (Wildman–Crippen MR) is 51.6 cm³/mol. The largest absolute Gasteiger partial charge is 0.478 e. The van der Waals surface area contributed by atoms with E-state index in [0.717, 1.165) is 0 Å². The molecule has 1 aromatic carbocycles. The van der Waals surface area contributed by atoms with Crippen molar-refractivity contribution >= 4 is 17.0 Å². The molecular formula is C9H9N3O3. The Morgan fingerprint density at radius 1 is 1.47 bits per heavy atom. The number of hydrogen-bond donors (Lipinski definition) is 2. The second kappa shape index (κ2) is 3.66. The zero-order valence-electron chi connectivity index (χ0n) is 7.79. The molecule has 2 rings (SSSR count). The summed E-state index contributed by atoms with van der Waals surface area (Å²) in [7, 11) is 0. The van der Waals surface area contributed by atoms with Crippen LogP contribution in [0.25, 0.3) is 11.0 Å². The minimum atomic E-state index is -1.03. The quantitative estimate of drug-likeness (QED) is 0.746. The van der Waals surface area contributed by atoms with Crippen molar-refractivity contribution in [3.63, 3.8) is 0 Å². The molecule has 6 nitrogen and oxygen atoms in total. The monoisotopic (exact) mass is 207 g/mol. The van der Waals surface area contributed by atoms with E-state index in [4.69, 9.17) is 10.2 Å². The highest BCUT2D eigenvalue weighted by molar-refractivity contribution is 6.00. The lowest BCUT2D eigenvalue weighted by atomic mass is 10.2. The summed E-state index contributed by atoms with van der Waals surface area (Å²) in [5.41, 5.74) is 1.10. The normalized spacial score (nSPS) is 10.7. The van der Waals surface area contributed by atoms with Gasteiger partial charge in [0.05, 0.1) is 18.7 Å². The van der Waals surface area contributed by atoms with Gasteiger partial charge in [-0.05, 0) is 12.1 Å². The summed E-state index contributed by atoms with van der Waals surface area (Å²) < 4.78 is 1.39. The van der Waals surface area contributed by atoms with Crippen molar-refractivity contribution in [1.29, 1.82) is 0 Å². The molecule has 0 fully saturated rings. The molecule has 0 radical (unpaired) electrons. The molecule has 0 spiro atoms. The van der Waals surface area contributed by atoms with Crippen molar-refractivity contribution in [1.82, 2.24) is 15.0 Å². The first kappa shape index (κ1) is 9.60. The second-order valence-corrected chi connectivity index (χ2v) is 3.01. The molecule has 0 amide bonds. The Balaban J connectivity index is 2.69. The summed E-state index contributed by atoms with van der Waals surface area (Å²) in [6.45, 7) is 0.132. The number of rotatable bonds is 3. The van der Waals surface area contributed by atoms with Gasteiger partial charge in [0.1, 0.15) is 11.0 Å². The van der Waals surface area contributed by atoms with E-state index in [-0.39, 0.29) is 18.7 Å². The zero-order valence-corrected chi connectivity index (χ0v) is 7.79. The molecule has 15 heavy (non-hydrogen) atoms. The van der Waals surface area contributed by atoms with Crippen LogP contribution in [0.3, 0.4) is 0 Å². The third-order valence-corrected chi connectivity index (χ3v) is 2.08. The van der Waals surface area contributed by atoms with Crippen LogP contribution in [0.2, 0.25) is 0 Å². The van der Waals surface area contributed by atoms with Crippen LogP contribution in [0.4, 0.5) is 0 Å². The Morgan fingerprint density at radius 3 is 2.93 bits per heavy atom. The van der Waals surface area contributed by atoms with Gasteiger partial charge in [-0.2, -0.15) is 0 Å². The first-order valence-corrected chi connectivity index (χ1v) is 4.40. The van der Waals surface area contributed by atoms with Crippen LogP contribution >= 0.6 is 0 Å². The summed E-state index contributed by atoms with van der Waals surface area (Å²) >= 11 is 0. The summed E-state index contributed by atoms with van der Waals surface area (Å²) in [6, 6.07) is 4.79. The van der Waals surface area contributed by atoms with Crippen LogP contribution in [0.5, 0.6) is 0 Å². The minimum absolute atomic E-state index is 0.105. The number of carboxylic acid groups (broad SMARTS) is 1. The van der Waals surface area contributed by atoms with E-state index in [1.807, 2.05) is 0 Å². The van der Waals surface area contributed by atoms with Crippen molar-refractivity contribution in [3.8, 4) is 0 Å². The van der Waals surface area contributed by atoms with Gasteiger partial charge < -0.3 is 10.2 Å². The maximum Gasteiger partial charge on any atom is 0.337 e. The molecule has 2 aromatic rings. The molecule has 0 saturated heterocycles. The van der Waals surface area contributed by atoms with Crippen LogP contribution in [0.15, 0.2) is 18.2 Å².